The molecule has 5 nitrogen and oxygen atoms in total. The normalized spacial score (nSPS) is 47.1. The largest absolute Gasteiger partial charge is 0.481 e. The van der Waals surface area contributed by atoms with E-state index >= 15 is 0 Å². The molecule has 7 atom stereocenters. The lowest BCUT2D eigenvalue weighted by Gasteiger charge is -2.53. The molecule has 0 radical (unpaired) electrons. The maximum atomic E-state index is 13.0. The third kappa shape index (κ3) is 2.88. The van der Waals surface area contributed by atoms with Gasteiger partial charge in [-0.15, -0.1) is 0 Å². The SMILES string of the molecule is CCC1(C)CC(OC(=O)C2CC3C=CC2(C(=O)O)C3)C(C)C(C)(CC)N1. The molecule has 3 rings (SSSR count). The van der Waals surface area contributed by atoms with E-state index in [2.05, 4.69) is 39.9 Å². The first-order chi connectivity index (χ1) is 12.1. The predicted molar refractivity (Wildman–Crippen MR) is 99.6 cm³/mol. The molecule has 0 spiro atoms. The lowest BCUT2D eigenvalue weighted by Crippen LogP contribution is -2.66. The fourth-order valence-corrected chi connectivity index (χ4v) is 5.33. The van der Waals surface area contributed by atoms with E-state index in [0.717, 1.165) is 19.3 Å². The molecule has 1 aliphatic heterocycles. The van der Waals surface area contributed by atoms with Crippen LogP contribution in [-0.2, 0) is 14.3 Å². The highest BCUT2D eigenvalue weighted by Gasteiger charge is 2.58. The summed E-state index contributed by atoms with van der Waals surface area (Å²) in [5.41, 5.74) is -1.24. The molecule has 1 heterocycles. The first-order valence-corrected chi connectivity index (χ1v) is 10.0. The molecule has 146 valence electrons. The number of ether oxygens (including phenoxy) is 1. The number of hydrogen-bond donors (Lipinski definition) is 2. The van der Waals surface area contributed by atoms with Crippen LogP contribution in [0.15, 0.2) is 12.2 Å². The van der Waals surface area contributed by atoms with Crippen molar-refractivity contribution >= 4 is 11.9 Å². The molecule has 2 N–H and O–H groups in total. The zero-order valence-corrected chi connectivity index (χ0v) is 16.7. The summed E-state index contributed by atoms with van der Waals surface area (Å²) >= 11 is 0. The van der Waals surface area contributed by atoms with Gasteiger partial charge in [0, 0.05) is 23.4 Å². The molecule has 26 heavy (non-hydrogen) atoms. The molecule has 2 fully saturated rings. The molecular formula is C21H33NO4. The minimum absolute atomic E-state index is 0.0821. The summed E-state index contributed by atoms with van der Waals surface area (Å²) < 4.78 is 6.03. The minimum atomic E-state index is -1.06. The van der Waals surface area contributed by atoms with Crippen molar-refractivity contribution in [1.82, 2.24) is 5.32 Å². The smallest absolute Gasteiger partial charge is 0.314 e. The number of piperidine rings is 1. The van der Waals surface area contributed by atoms with Gasteiger partial charge in [0.2, 0.25) is 0 Å². The monoisotopic (exact) mass is 363 g/mol. The highest BCUT2D eigenvalue weighted by atomic mass is 16.5. The number of aliphatic carboxylic acids is 1. The number of fused-ring (bicyclic) bond motifs is 2. The molecule has 0 aromatic carbocycles. The maximum absolute atomic E-state index is 13.0. The quantitative estimate of drug-likeness (QED) is 0.577. The van der Waals surface area contributed by atoms with Gasteiger partial charge in [-0.25, -0.2) is 0 Å². The zero-order valence-electron chi connectivity index (χ0n) is 16.7. The second kappa shape index (κ2) is 6.36. The Kier molecular flexibility index (Phi) is 4.75. The summed E-state index contributed by atoms with van der Waals surface area (Å²) in [6.07, 6.45) is 7.29. The minimum Gasteiger partial charge on any atom is -0.481 e. The molecule has 1 saturated carbocycles. The summed E-state index contributed by atoms with van der Waals surface area (Å²) in [6.45, 7) is 10.8. The Morgan fingerprint density at radius 3 is 2.46 bits per heavy atom. The van der Waals surface area contributed by atoms with Gasteiger partial charge in [0.05, 0.1) is 11.3 Å². The number of carbonyl (C=O) groups excluding carboxylic acids is 1. The van der Waals surface area contributed by atoms with E-state index in [1.54, 1.807) is 6.08 Å². The highest BCUT2D eigenvalue weighted by Crippen LogP contribution is 2.54. The van der Waals surface area contributed by atoms with Crippen LogP contribution < -0.4 is 5.32 Å². The summed E-state index contributed by atoms with van der Waals surface area (Å²) in [5, 5.41) is 13.5. The molecule has 0 aromatic heterocycles. The molecule has 0 amide bonds. The molecule has 5 heteroatoms. The van der Waals surface area contributed by atoms with Crippen LogP contribution in [0.2, 0.25) is 0 Å². The molecule has 0 aromatic rings. The number of carboxylic acids is 1. The van der Waals surface area contributed by atoms with Crippen LogP contribution in [0.4, 0.5) is 0 Å². The van der Waals surface area contributed by atoms with Crippen LogP contribution in [0.5, 0.6) is 0 Å². The number of hydrogen-bond acceptors (Lipinski definition) is 4. The van der Waals surface area contributed by atoms with Crippen LogP contribution in [-0.4, -0.2) is 34.2 Å². The molecule has 2 bridgehead atoms. The molecule has 3 aliphatic rings. The van der Waals surface area contributed by atoms with Gasteiger partial charge in [0.1, 0.15) is 6.10 Å². The second-order valence-corrected chi connectivity index (χ2v) is 9.24. The number of rotatable bonds is 5. The van der Waals surface area contributed by atoms with Gasteiger partial charge in [0.25, 0.3) is 0 Å². The van der Waals surface area contributed by atoms with E-state index in [0.29, 0.717) is 12.8 Å². The summed E-state index contributed by atoms with van der Waals surface area (Å²) in [7, 11) is 0. The van der Waals surface area contributed by atoms with E-state index in [1.807, 2.05) is 6.08 Å². The van der Waals surface area contributed by atoms with E-state index in [1.165, 1.54) is 0 Å². The van der Waals surface area contributed by atoms with E-state index in [-0.39, 0.29) is 35.0 Å². The van der Waals surface area contributed by atoms with Crippen LogP contribution >= 0.6 is 0 Å². The van der Waals surface area contributed by atoms with Crippen molar-refractivity contribution in [3.63, 3.8) is 0 Å². The summed E-state index contributed by atoms with van der Waals surface area (Å²) in [4.78, 5) is 24.9. The average Bonchev–Trinajstić information content (AvgIpc) is 3.19. The third-order valence-electron chi connectivity index (χ3n) is 7.69. The predicted octanol–water partition coefficient (Wildman–Crippen LogP) is 3.53. The first-order valence-electron chi connectivity index (χ1n) is 10.0. The number of carbonyl (C=O) groups is 2. The van der Waals surface area contributed by atoms with Gasteiger partial charge >= 0.3 is 11.9 Å². The standard InChI is InChI=1S/C21H33NO4/c1-6-19(4)12-16(13(3)20(5,7-2)22-19)26-17(23)15-10-14-8-9-21(15,11-14)18(24)25/h8-9,13-16,22H,6-7,10-12H2,1-5H3,(H,24,25). The van der Waals surface area contributed by atoms with Crippen molar-refractivity contribution < 1.29 is 19.4 Å². The molecule has 2 aliphatic carbocycles. The maximum Gasteiger partial charge on any atom is 0.314 e. The number of carboxylic acid groups (broad SMARTS) is 1. The van der Waals surface area contributed by atoms with Crippen LogP contribution in [0.25, 0.3) is 0 Å². The van der Waals surface area contributed by atoms with Crippen molar-refractivity contribution in [2.45, 2.75) is 83.9 Å². The highest BCUT2D eigenvalue weighted by molar-refractivity contribution is 5.88. The topological polar surface area (TPSA) is 75.6 Å². The number of esters is 1. The number of nitrogens with one attached hydrogen (secondary N) is 1. The van der Waals surface area contributed by atoms with Gasteiger partial charge in [-0.1, -0.05) is 32.9 Å². The Bertz CT molecular complexity index is 632. The lowest BCUT2D eigenvalue weighted by atomic mass is 9.70. The van der Waals surface area contributed by atoms with Gasteiger partial charge in [-0.2, -0.15) is 0 Å². The van der Waals surface area contributed by atoms with Crippen molar-refractivity contribution in [1.29, 1.82) is 0 Å². The third-order valence-corrected chi connectivity index (χ3v) is 7.69. The van der Waals surface area contributed by atoms with E-state index in [4.69, 9.17) is 4.74 Å². The van der Waals surface area contributed by atoms with E-state index in [9.17, 15) is 14.7 Å². The van der Waals surface area contributed by atoms with Crippen LogP contribution in [0, 0.1) is 23.2 Å². The van der Waals surface area contributed by atoms with Crippen molar-refractivity contribution in [2.24, 2.45) is 23.2 Å². The van der Waals surface area contributed by atoms with Gasteiger partial charge in [-0.3, -0.25) is 9.59 Å². The Hall–Kier alpha value is -1.36. The Morgan fingerprint density at radius 2 is 1.92 bits per heavy atom. The molecular weight excluding hydrogens is 330 g/mol. The average molecular weight is 363 g/mol. The Balaban J connectivity index is 1.80. The molecule has 7 unspecified atom stereocenters. The van der Waals surface area contributed by atoms with Crippen LogP contribution in [0.3, 0.4) is 0 Å². The van der Waals surface area contributed by atoms with Gasteiger partial charge in [0.15, 0.2) is 0 Å². The fourth-order valence-electron chi connectivity index (χ4n) is 5.33. The molecule has 1 saturated heterocycles. The Labute approximate surface area is 156 Å². The second-order valence-electron chi connectivity index (χ2n) is 9.24. The van der Waals surface area contributed by atoms with Crippen LogP contribution in [0.1, 0.15) is 66.7 Å². The van der Waals surface area contributed by atoms with E-state index < -0.39 is 17.3 Å². The first kappa shape index (κ1) is 19.4. The lowest BCUT2D eigenvalue weighted by molar-refractivity contribution is -0.171. The zero-order chi connectivity index (χ0) is 19.3. The Morgan fingerprint density at radius 1 is 1.23 bits per heavy atom. The fraction of sp³-hybridized carbons (Fsp3) is 0.810. The van der Waals surface area contributed by atoms with Crippen molar-refractivity contribution in [3.8, 4) is 0 Å². The van der Waals surface area contributed by atoms with Gasteiger partial charge in [-0.05, 0) is 45.4 Å². The number of allylic oxidation sites excluding steroid dienone is 1. The summed E-state index contributed by atoms with van der Waals surface area (Å²) in [6, 6.07) is 0. The van der Waals surface area contributed by atoms with Crippen molar-refractivity contribution in [3.05, 3.63) is 12.2 Å². The summed E-state index contributed by atoms with van der Waals surface area (Å²) in [5.74, 6) is -1.42. The van der Waals surface area contributed by atoms with Crippen molar-refractivity contribution in [2.75, 3.05) is 0 Å². The van der Waals surface area contributed by atoms with Gasteiger partial charge < -0.3 is 15.2 Å².